The van der Waals surface area contributed by atoms with Crippen LogP contribution in [-0.2, 0) is 11.2 Å². The number of hydrogen-bond donors (Lipinski definition) is 0. The number of amides is 1. The Morgan fingerprint density at radius 3 is 2.16 bits per heavy atom. The Labute approximate surface area is 148 Å². The zero-order valence-corrected chi connectivity index (χ0v) is 15.1. The van der Waals surface area contributed by atoms with Gasteiger partial charge in [-0.2, -0.15) is 0 Å². The van der Waals surface area contributed by atoms with E-state index >= 15 is 0 Å². The molecule has 25 heavy (non-hydrogen) atoms. The average Bonchev–Trinajstić information content (AvgIpc) is 2.65. The minimum Gasteiger partial charge on any atom is -0.497 e. The zero-order chi connectivity index (χ0) is 18.4. The number of carbonyl (C=O) groups excluding carboxylic acids is 1. The lowest BCUT2D eigenvalue weighted by Crippen LogP contribution is -2.29. The zero-order valence-electron chi connectivity index (χ0n) is 15.1. The fourth-order valence-electron chi connectivity index (χ4n) is 2.62. The quantitative estimate of drug-likeness (QED) is 0.761. The number of methoxy groups -OCH3 is 2. The van der Waals surface area contributed by atoms with Crippen LogP contribution in [0.25, 0.3) is 0 Å². The van der Waals surface area contributed by atoms with Crippen LogP contribution in [0.5, 0.6) is 11.5 Å². The molecule has 5 heteroatoms. The largest absolute Gasteiger partial charge is 0.497 e. The van der Waals surface area contributed by atoms with Gasteiger partial charge in [0, 0.05) is 19.5 Å². The fourth-order valence-corrected chi connectivity index (χ4v) is 2.62. The van der Waals surface area contributed by atoms with Crippen LogP contribution >= 0.6 is 0 Å². The van der Waals surface area contributed by atoms with Gasteiger partial charge in [-0.05, 0) is 48.7 Å². The second-order valence-corrected chi connectivity index (χ2v) is 5.95. The van der Waals surface area contributed by atoms with Gasteiger partial charge in [-0.1, -0.05) is 12.1 Å². The number of benzene rings is 2. The van der Waals surface area contributed by atoms with Crippen molar-refractivity contribution < 1.29 is 18.7 Å². The van der Waals surface area contributed by atoms with E-state index in [1.54, 1.807) is 44.4 Å². The van der Waals surface area contributed by atoms with Crippen LogP contribution in [0.2, 0.25) is 0 Å². The van der Waals surface area contributed by atoms with E-state index in [2.05, 4.69) is 0 Å². The SMILES string of the molecule is COc1cc(CCC(=O)N(C)C(C)c2ccc(F)cc2)cc(OC)c1. The van der Waals surface area contributed by atoms with Gasteiger partial charge in [0.25, 0.3) is 0 Å². The molecule has 0 spiro atoms. The predicted molar refractivity (Wildman–Crippen MR) is 95.5 cm³/mol. The van der Waals surface area contributed by atoms with Crippen molar-refractivity contribution in [3.63, 3.8) is 0 Å². The number of carbonyl (C=O) groups is 1. The highest BCUT2D eigenvalue weighted by atomic mass is 19.1. The van der Waals surface area contributed by atoms with E-state index in [4.69, 9.17) is 9.47 Å². The Balaban J connectivity index is 2.00. The summed E-state index contributed by atoms with van der Waals surface area (Å²) in [5.41, 5.74) is 1.88. The third kappa shape index (κ3) is 4.95. The molecule has 0 aliphatic carbocycles. The summed E-state index contributed by atoms with van der Waals surface area (Å²) in [6.45, 7) is 1.93. The number of halogens is 1. The predicted octanol–water partition coefficient (Wildman–Crippen LogP) is 4.00. The number of hydrogen-bond acceptors (Lipinski definition) is 3. The molecule has 1 atom stereocenters. The van der Waals surface area contributed by atoms with Crippen molar-refractivity contribution >= 4 is 5.91 Å². The van der Waals surface area contributed by atoms with Crippen molar-refractivity contribution in [1.82, 2.24) is 4.90 Å². The Morgan fingerprint density at radius 1 is 1.08 bits per heavy atom. The second kappa shape index (κ2) is 8.51. The van der Waals surface area contributed by atoms with Crippen molar-refractivity contribution in [2.75, 3.05) is 21.3 Å². The normalized spacial score (nSPS) is 11.7. The van der Waals surface area contributed by atoms with Crippen LogP contribution in [0.15, 0.2) is 42.5 Å². The van der Waals surface area contributed by atoms with Crippen LogP contribution in [0.4, 0.5) is 4.39 Å². The lowest BCUT2D eigenvalue weighted by molar-refractivity contribution is -0.131. The van der Waals surface area contributed by atoms with E-state index in [0.29, 0.717) is 24.3 Å². The summed E-state index contributed by atoms with van der Waals surface area (Å²) in [5, 5.41) is 0. The summed E-state index contributed by atoms with van der Waals surface area (Å²) in [6, 6.07) is 11.7. The topological polar surface area (TPSA) is 38.8 Å². The molecule has 0 radical (unpaired) electrons. The van der Waals surface area contributed by atoms with Gasteiger partial charge in [0.2, 0.25) is 5.91 Å². The first-order chi connectivity index (χ1) is 11.9. The number of nitrogens with zero attached hydrogens (tertiary/aromatic N) is 1. The fraction of sp³-hybridized carbons (Fsp3) is 0.350. The summed E-state index contributed by atoms with van der Waals surface area (Å²) in [4.78, 5) is 14.2. The Hall–Kier alpha value is -2.56. The number of aryl methyl sites for hydroxylation is 1. The standard InChI is InChI=1S/C20H24FNO3/c1-14(16-6-8-17(21)9-7-16)22(2)20(23)10-5-15-11-18(24-3)13-19(12-15)25-4/h6-9,11-14H,5,10H2,1-4H3. The van der Waals surface area contributed by atoms with Crippen LogP contribution in [-0.4, -0.2) is 32.1 Å². The smallest absolute Gasteiger partial charge is 0.223 e. The molecular weight excluding hydrogens is 321 g/mol. The van der Waals surface area contributed by atoms with Gasteiger partial charge in [0.15, 0.2) is 0 Å². The molecule has 0 aliphatic rings. The van der Waals surface area contributed by atoms with E-state index in [1.165, 1.54) is 12.1 Å². The molecule has 2 rings (SSSR count). The molecule has 0 heterocycles. The van der Waals surface area contributed by atoms with Gasteiger partial charge in [-0.15, -0.1) is 0 Å². The van der Waals surface area contributed by atoms with E-state index in [9.17, 15) is 9.18 Å². The van der Waals surface area contributed by atoms with Crippen LogP contribution < -0.4 is 9.47 Å². The highest BCUT2D eigenvalue weighted by Gasteiger charge is 2.17. The van der Waals surface area contributed by atoms with Gasteiger partial charge in [-0.3, -0.25) is 4.79 Å². The molecule has 1 amide bonds. The molecule has 0 N–H and O–H groups in total. The summed E-state index contributed by atoms with van der Waals surface area (Å²) >= 11 is 0. The van der Waals surface area contributed by atoms with Crippen molar-refractivity contribution in [1.29, 1.82) is 0 Å². The highest BCUT2D eigenvalue weighted by Crippen LogP contribution is 2.24. The molecule has 0 saturated carbocycles. The van der Waals surface area contributed by atoms with E-state index < -0.39 is 0 Å². The highest BCUT2D eigenvalue weighted by molar-refractivity contribution is 5.76. The van der Waals surface area contributed by atoms with Gasteiger partial charge in [0.05, 0.1) is 20.3 Å². The maximum atomic E-state index is 13.0. The molecule has 2 aromatic carbocycles. The summed E-state index contributed by atoms with van der Waals surface area (Å²) in [7, 11) is 4.96. The van der Waals surface area contributed by atoms with Crippen molar-refractivity contribution in [2.24, 2.45) is 0 Å². The molecule has 0 bridgehead atoms. The molecule has 4 nitrogen and oxygen atoms in total. The Kier molecular flexibility index (Phi) is 6.39. The third-order valence-electron chi connectivity index (χ3n) is 4.37. The lowest BCUT2D eigenvalue weighted by atomic mass is 10.1. The van der Waals surface area contributed by atoms with Gasteiger partial charge >= 0.3 is 0 Å². The molecule has 134 valence electrons. The van der Waals surface area contributed by atoms with Crippen molar-refractivity contribution in [3.05, 3.63) is 59.4 Å². The van der Waals surface area contributed by atoms with Crippen LogP contribution in [0.1, 0.15) is 30.5 Å². The van der Waals surface area contributed by atoms with E-state index in [1.807, 2.05) is 19.1 Å². The maximum absolute atomic E-state index is 13.0. The van der Waals surface area contributed by atoms with E-state index in [-0.39, 0.29) is 17.8 Å². The summed E-state index contributed by atoms with van der Waals surface area (Å²) < 4.78 is 23.5. The molecule has 0 aliphatic heterocycles. The second-order valence-electron chi connectivity index (χ2n) is 5.95. The first-order valence-electron chi connectivity index (χ1n) is 8.17. The summed E-state index contributed by atoms with van der Waals surface area (Å²) in [5.74, 6) is 1.15. The molecular formula is C20H24FNO3. The van der Waals surface area contributed by atoms with Crippen LogP contribution in [0, 0.1) is 5.82 Å². The van der Waals surface area contributed by atoms with Crippen molar-refractivity contribution in [3.8, 4) is 11.5 Å². The van der Waals surface area contributed by atoms with Gasteiger partial charge in [0.1, 0.15) is 17.3 Å². The molecule has 2 aromatic rings. The molecule has 0 aromatic heterocycles. The maximum Gasteiger partial charge on any atom is 0.223 e. The first kappa shape index (κ1) is 18.8. The van der Waals surface area contributed by atoms with Gasteiger partial charge in [-0.25, -0.2) is 4.39 Å². The number of rotatable bonds is 7. The third-order valence-corrected chi connectivity index (χ3v) is 4.37. The minimum atomic E-state index is -0.281. The summed E-state index contributed by atoms with van der Waals surface area (Å²) in [6.07, 6.45) is 0.964. The molecule has 0 saturated heterocycles. The molecule has 1 unspecified atom stereocenters. The molecule has 0 fully saturated rings. The Morgan fingerprint density at radius 2 is 1.64 bits per heavy atom. The average molecular weight is 345 g/mol. The van der Waals surface area contributed by atoms with E-state index in [0.717, 1.165) is 11.1 Å². The van der Waals surface area contributed by atoms with Crippen LogP contribution in [0.3, 0.4) is 0 Å². The first-order valence-corrected chi connectivity index (χ1v) is 8.17. The number of ether oxygens (including phenoxy) is 2. The van der Waals surface area contributed by atoms with Crippen molar-refractivity contribution in [2.45, 2.75) is 25.8 Å². The van der Waals surface area contributed by atoms with Gasteiger partial charge < -0.3 is 14.4 Å². The lowest BCUT2D eigenvalue weighted by Gasteiger charge is -2.25. The Bertz CT molecular complexity index is 693. The monoisotopic (exact) mass is 345 g/mol. The minimum absolute atomic E-state index is 0.0265.